The van der Waals surface area contributed by atoms with Gasteiger partial charge in [0.25, 0.3) is 5.56 Å². The number of carbonyl (C=O) groups is 1. The summed E-state index contributed by atoms with van der Waals surface area (Å²) in [6, 6.07) is 22.9. The molecule has 2 aliphatic carbocycles. The fraction of sp³-hybridized carbons (Fsp3) is 0.265. The van der Waals surface area contributed by atoms with Crippen molar-refractivity contribution in [2.45, 2.75) is 56.7 Å². The smallest absolute Gasteiger partial charge is 0.272 e. The van der Waals surface area contributed by atoms with Crippen LogP contribution in [0.3, 0.4) is 0 Å². The molecule has 1 saturated carbocycles. The van der Waals surface area contributed by atoms with Crippen molar-refractivity contribution in [1.29, 1.82) is 0 Å². The van der Waals surface area contributed by atoms with Gasteiger partial charge in [-0.3, -0.25) is 19.6 Å². The number of aromatic nitrogens is 4. The van der Waals surface area contributed by atoms with Crippen LogP contribution in [0.5, 0.6) is 11.5 Å². The van der Waals surface area contributed by atoms with Crippen LogP contribution in [0, 0.1) is 0 Å². The molecular weight excluding hydrogens is 540 g/mol. The van der Waals surface area contributed by atoms with Crippen LogP contribution in [0.2, 0.25) is 0 Å². The Hall–Kier alpha value is -4.89. The highest BCUT2D eigenvalue weighted by Gasteiger charge is 2.54. The fourth-order valence-corrected chi connectivity index (χ4v) is 6.27. The molecule has 9 nitrogen and oxygen atoms in total. The van der Waals surface area contributed by atoms with Crippen LogP contribution in [0.15, 0.2) is 90.0 Å². The summed E-state index contributed by atoms with van der Waals surface area (Å²) >= 11 is 0. The van der Waals surface area contributed by atoms with E-state index in [2.05, 4.69) is 16.3 Å². The van der Waals surface area contributed by atoms with Crippen molar-refractivity contribution in [3.05, 3.63) is 124 Å². The van der Waals surface area contributed by atoms with Gasteiger partial charge in [0, 0.05) is 18.1 Å². The number of rotatable bonds is 8. The molecule has 0 radical (unpaired) electrons. The molecule has 43 heavy (non-hydrogen) atoms. The van der Waals surface area contributed by atoms with Gasteiger partial charge in [0.15, 0.2) is 0 Å². The molecule has 1 amide bonds. The number of aryl methyl sites for hydroxylation is 1. The number of hydrogen-bond donors (Lipinski definition) is 2. The third-order valence-corrected chi connectivity index (χ3v) is 8.68. The highest BCUT2D eigenvalue weighted by atomic mass is 16.5. The van der Waals surface area contributed by atoms with E-state index in [1.165, 1.54) is 5.56 Å². The van der Waals surface area contributed by atoms with Gasteiger partial charge in [-0.1, -0.05) is 30.3 Å². The van der Waals surface area contributed by atoms with Crippen molar-refractivity contribution in [2.75, 3.05) is 0 Å². The van der Waals surface area contributed by atoms with Crippen LogP contribution in [0.25, 0.3) is 10.8 Å². The first-order valence-electron chi connectivity index (χ1n) is 14.7. The lowest BCUT2D eigenvalue weighted by atomic mass is 9.87. The highest BCUT2D eigenvalue weighted by Crippen LogP contribution is 2.52. The molecule has 7 rings (SSSR count). The van der Waals surface area contributed by atoms with Gasteiger partial charge in [0.2, 0.25) is 5.91 Å². The molecule has 0 saturated heterocycles. The molecule has 0 bridgehead atoms. The lowest BCUT2D eigenvalue weighted by Gasteiger charge is -2.37. The molecule has 1 atom stereocenters. The summed E-state index contributed by atoms with van der Waals surface area (Å²) < 4.78 is 5.94. The van der Waals surface area contributed by atoms with Crippen LogP contribution in [-0.2, 0) is 29.7 Å². The zero-order chi connectivity index (χ0) is 29.4. The highest BCUT2D eigenvalue weighted by molar-refractivity contribution is 5.94. The first-order valence-corrected chi connectivity index (χ1v) is 14.7. The summed E-state index contributed by atoms with van der Waals surface area (Å²) in [4.78, 5) is 38.6. The van der Waals surface area contributed by atoms with Gasteiger partial charge in [-0.15, -0.1) is 0 Å². The van der Waals surface area contributed by atoms with E-state index in [-0.39, 0.29) is 24.1 Å². The van der Waals surface area contributed by atoms with Gasteiger partial charge in [0.05, 0.1) is 46.7 Å². The second-order valence-electron chi connectivity index (χ2n) is 11.3. The summed E-state index contributed by atoms with van der Waals surface area (Å²) in [5.41, 5.74) is 9.39. The molecule has 9 heteroatoms. The molecule has 0 aliphatic heterocycles. The Morgan fingerprint density at radius 2 is 1.86 bits per heavy atom. The Morgan fingerprint density at radius 1 is 1.00 bits per heavy atom. The van der Waals surface area contributed by atoms with E-state index in [4.69, 9.17) is 20.4 Å². The van der Waals surface area contributed by atoms with Crippen molar-refractivity contribution < 1.29 is 9.53 Å². The standard InChI is InChI=1S/C34H32N6O3/c35-19-29-28-18-23(11-14-27(28)32(41)39-38-29)34(15-16-34)33(42)40(30-10-4-6-22-7-5-17-36-31(22)30)21-24-12-13-26(20-37-24)43-25-8-2-1-3-9-25/h1-3,5,7-9,11-14,17-18,20,30H,4,6,10,15-16,19,21,35H2,(H,39,41). The molecule has 3 heterocycles. The predicted octanol–water partition coefficient (Wildman–Crippen LogP) is 5.10. The Kier molecular flexibility index (Phi) is 6.95. The van der Waals surface area contributed by atoms with Crippen LogP contribution >= 0.6 is 0 Å². The number of aromatic amines is 1. The van der Waals surface area contributed by atoms with Gasteiger partial charge in [0.1, 0.15) is 11.5 Å². The largest absolute Gasteiger partial charge is 0.456 e. The Morgan fingerprint density at radius 3 is 2.63 bits per heavy atom. The van der Waals surface area contributed by atoms with Gasteiger partial charge in [-0.25, -0.2) is 5.10 Å². The molecule has 1 unspecified atom stereocenters. The number of fused-ring (bicyclic) bond motifs is 2. The number of carbonyl (C=O) groups excluding carboxylic acids is 1. The minimum Gasteiger partial charge on any atom is -0.456 e. The number of ether oxygens (including phenoxy) is 1. The van der Waals surface area contributed by atoms with E-state index in [0.717, 1.165) is 54.8 Å². The molecule has 3 aromatic heterocycles. The molecular formula is C34H32N6O3. The van der Waals surface area contributed by atoms with Crippen LogP contribution in [0.1, 0.15) is 59.9 Å². The molecule has 0 spiro atoms. The third-order valence-electron chi connectivity index (χ3n) is 8.68. The van der Waals surface area contributed by atoms with Crippen molar-refractivity contribution in [3.63, 3.8) is 0 Å². The predicted molar refractivity (Wildman–Crippen MR) is 162 cm³/mol. The fourth-order valence-electron chi connectivity index (χ4n) is 6.27. The SMILES string of the molecule is NCc1n[nH]c(=O)c2ccc(C3(C(=O)N(Cc4ccc(Oc5ccccc5)cn4)C4CCCc5cccnc54)CC3)cc12. The maximum atomic E-state index is 14.7. The van der Waals surface area contributed by atoms with Crippen LogP contribution in [-0.4, -0.2) is 31.0 Å². The second kappa shape index (κ2) is 11.1. The van der Waals surface area contributed by atoms with Crippen molar-refractivity contribution in [3.8, 4) is 11.5 Å². The minimum atomic E-state index is -0.689. The number of nitrogens with zero attached hydrogens (tertiary/aromatic N) is 4. The lowest BCUT2D eigenvalue weighted by Crippen LogP contribution is -2.43. The quantitative estimate of drug-likeness (QED) is 0.265. The van der Waals surface area contributed by atoms with E-state index in [0.29, 0.717) is 28.8 Å². The average molecular weight is 573 g/mol. The van der Waals surface area contributed by atoms with Crippen LogP contribution in [0.4, 0.5) is 0 Å². The Bertz CT molecular complexity index is 1850. The van der Waals surface area contributed by atoms with Gasteiger partial charge in [-0.05, 0) is 85.7 Å². The molecule has 3 N–H and O–H groups in total. The monoisotopic (exact) mass is 572 g/mol. The number of H-pyrrole nitrogens is 1. The van der Waals surface area contributed by atoms with E-state index in [9.17, 15) is 9.59 Å². The zero-order valence-corrected chi connectivity index (χ0v) is 23.7. The molecule has 5 aromatic rings. The molecule has 1 fully saturated rings. The molecule has 2 aliphatic rings. The maximum Gasteiger partial charge on any atom is 0.272 e. The first-order chi connectivity index (χ1) is 21.1. The topological polar surface area (TPSA) is 127 Å². The van der Waals surface area contributed by atoms with Gasteiger partial charge < -0.3 is 15.4 Å². The number of amides is 1. The van der Waals surface area contributed by atoms with E-state index in [1.54, 1.807) is 12.3 Å². The van der Waals surface area contributed by atoms with Crippen molar-refractivity contribution in [2.24, 2.45) is 5.73 Å². The first kappa shape index (κ1) is 27.0. The second-order valence-corrected chi connectivity index (χ2v) is 11.3. The summed E-state index contributed by atoms with van der Waals surface area (Å²) in [7, 11) is 0. The number of benzene rings is 2. The minimum absolute atomic E-state index is 0.0499. The summed E-state index contributed by atoms with van der Waals surface area (Å²) in [5.74, 6) is 1.42. The number of nitrogens with two attached hydrogens (primary N) is 1. The average Bonchev–Trinajstić information content (AvgIpc) is 3.87. The Labute approximate surface area is 248 Å². The van der Waals surface area contributed by atoms with Crippen LogP contribution < -0.4 is 16.0 Å². The van der Waals surface area contributed by atoms with E-state index in [1.807, 2.05) is 71.8 Å². The molecule has 216 valence electrons. The summed E-state index contributed by atoms with van der Waals surface area (Å²) in [6.07, 6.45) is 7.71. The van der Waals surface area contributed by atoms with E-state index < -0.39 is 5.41 Å². The normalized spacial score (nSPS) is 16.8. The third kappa shape index (κ3) is 5.06. The van der Waals surface area contributed by atoms with Crippen molar-refractivity contribution >= 4 is 16.7 Å². The van der Waals surface area contributed by atoms with E-state index >= 15 is 0 Å². The summed E-state index contributed by atoms with van der Waals surface area (Å²) in [6.45, 7) is 0.527. The number of nitrogens with one attached hydrogen (secondary N) is 1. The van der Waals surface area contributed by atoms with Gasteiger partial charge in [-0.2, -0.15) is 5.10 Å². The number of pyridine rings is 2. The lowest BCUT2D eigenvalue weighted by molar-refractivity contribution is -0.137. The summed E-state index contributed by atoms with van der Waals surface area (Å²) in [5, 5.41) is 7.88. The number of para-hydroxylation sites is 1. The number of hydrogen-bond acceptors (Lipinski definition) is 7. The molecule has 2 aromatic carbocycles. The maximum absolute atomic E-state index is 14.7. The zero-order valence-electron chi connectivity index (χ0n) is 23.7. The van der Waals surface area contributed by atoms with Gasteiger partial charge >= 0.3 is 0 Å². The van der Waals surface area contributed by atoms with Crippen molar-refractivity contribution in [1.82, 2.24) is 25.1 Å². The Balaban J connectivity index is 1.24.